The average molecular weight is 419 g/mol. The van der Waals surface area contributed by atoms with Gasteiger partial charge in [0.1, 0.15) is 22.1 Å². The Morgan fingerprint density at radius 2 is 1.97 bits per heavy atom. The quantitative estimate of drug-likeness (QED) is 0.702. The number of rotatable bonds is 4. The van der Waals surface area contributed by atoms with E-state index >= 15 is 4.39 Å². The Labute approximate surface area is 168 Å². The smallest absolute Gasteiger partial charge is 0.254 e. The Balaban J connectivity index is 2.31. The lowest BCUT2D eigenvalue weighted by Gasteiger charge is -2.21. The van der Waals surface area contributed by atoms with Gasteiger partial charge in [0.2, 0.25) is 0 Å². The number of nitrogens with zero attached hydrogens (tertiary/aromatic N) is 2. The fourth-order valence-corrected chi connectivity index (χ4v) is 4.23. The summed E-state index contributed by atoms with van der Waals surface area (Å²) in [4.78, 5) is 16.1. The van der Waals surface area contributed by atoms with E-state index in [1.165, 1.54) is 49.2 Å². The highest BCUT2D eigenvalue weighted by atomic mass is 32.2. The second-order valence-corrected chi connectivity index (χ2v) is 10.1. The van der Waals surface area contributed by atoms with Gasteiger partial charge in [-0.2, -0.15) is 0 Å². The summed E-state index contributed by atoms with van der Waals surface area (Å²) in [6.45, 7) is 4.77. The highest BCUT2D eigenvalue weighted by Crippen LogP contribution is 2.35. The van der Waals surface area contributed by atoms with E-state index in [0.29, 0.717) is 11.3 Å². The number of ether oxygens (including phenoxy) is 1. The van der Waals surface area contributed by atoms with Gasteiger partial charge in [-0.1, -0.05) is 6.07 Å². The molecule has 3 rings (SSSR count). The fourth-order valence-electron chi connectivity index (χ4n) is 2.92. The van der Waals surface area contributed by atoms with Crippen molar-refractivity contribution in [3.63, 3.8) is 0 Å². The maximum Gasteiger partial charge on any atom is 0.254 e. The first-order chi connectivity index (χ1) is 13.5. The van der Waals surface area contributed by atoms with Crippen molar-refractivity contribution in [1.29, 1.82) is 0 Å². The van der Waals surface area contributed by atoms with Gasteiger partial charge in [-0.25, -0.2) is 17.8 Å². The van der Waals surface area contributed by atoms with Crippen molar-refractivity contribution in [1.82, 2.24) is 14.7 Å². The van der Waals surface area contributed by atoms with Gasteiger partial charge in [-0.05, 0) is 32.9 Å². The third-order valence-electron chi connectivity index (χ3n) is 4.64. The second-order valence-electron chi connectivity index (χ2n) is 7.44. The van der Waals surface area contributed by atoms with E-state index in [1.807, 2.05) is 0 Å². The summed E-state index contributed by atoms with van der Waals surface area (Å²) in [5.41, 5.74) is 0.713. The molecule has 0 fully saturated rings. The number of fused-ring (bicyclic) bond motifs is 1. The van der Waals surface area contributed by atoms with Crippen LogP contribution in [0.15, 0.2) is 41.6 Å². The summed E-state index contributed by atoms with van der Waals surface area (Å²) in [5, 5.41) is 2.40. The third kappa shape index (κ3) is 3.35. The van der Waals surface area contributed by atoms with Gasteiger partial charge < -0.3 is 10.1 Å². The molecule has 0 aliphatic heterocycles. The molecule has 0 unspecified atom stereocenters. The van der Waals surface area contributed by atoms with Crippen molar-refractivity contribution in [3.8, 4) is 17.0 Å². The first kappa shape index (κ1) is 20.8. The zero-order valence-corrected chi connectivity index (χ0v) is 17.6. The van der Waals surface area contributed by atoms with Crippen LogP contribution in [0, 0.1) is 5.82 Å². The van der Waals surface area contributed by atoms with E-state index in [1.54, 1.807) is 26.8 Å². The average Bonchev–Trinajstić information content (AvgIpc) is 3.08. The maximum atomic E-state index is 15.0. The van der Waals surface area contributed by atoms with Crippen LogP contribution >= 0.6 is 0 Å². The number of imidazole rings is 1. The number of benzene rings is 1. The number of carbonyl (C=O) groups excluding carboxylic acids is 1. The molecular weight excluding hydrogens is 397 g/mol. The zero-order valence-electron chi connectivity index (χ0n) is 16.8. The highest BCUT2D eigenvalue weighted by molar-refractivity contribution is 7.92. The highest BCUT2D eigenvalue weighted by Gasteiger charge is 2.34. The third-order valence-corrected chi connectivity index (χ3v) is 7.13. The van der Waals surface area contributed by atoms with Gasteiger partial charge in [0.25, 0.3) is 5.91 Å². The maximum absolute atomic E-state index is 15.0. The van der Waals surface area contributed by atoms with Crippen molar-refractivity contribution in [3.05, 3.63) is 48.0 Å². The summed E-state index contributed by atoms with van der Waals surface area (Å²) < 4.78 is 46.8. The number of amides is 1. The van der Waals surface area contributed by atoms with E-state index in [2.05, 4.69) is 10.3 Å². The number of carbonyl (C=O) groups is 1. The Morgan fingerprint density at radius 1 is 1.28 bits per heavy atom. The van der Waals surface area contributed by atoms with Crippen LogP contribution in [-0.2, 0) is 9.84 Å². The van der Waals surface area contributed by atoms with Crippen LogP contribution in [0.3, 0.4) is 0 Å². The van der Waals surface area contributed by atoms with Crippen LogP contribution < -0.4 is 10.1 Å². The Bertz CT molecular complexity index is 1210. The predicted octanol–water partition coefficient (Wildman–Crippen LogP) is 3.08. The predicted molar refractivity (Wildman–Crippen MR) is 107 cm³/mol. The summed E-state index contributed by atoms with van der Waals surface area (Å²) in [6.07, 6.45) is 2.80. The lowest BCUT2D eigenvalue weighted by Crippen LogP contribution is -2.28. The molecule has 3 aromatic rings. The number of hydrogen-bond acceptors (Lipinski definition) is 5. The molecule has 0 saturated carbocycles. The summed E-state index contributed by atoms with van der Waals surface area (Å²) >= 11 is 0. The molecule has 2 aromatic heterocycles. The number of pyridine rings is 1. The molecule has 1 aromatic carbocycles. The SMILES string of the molecule is CNC(=O)c1cccc(-c2cnc3cc(OC)c(S(=O)(=O)C(C)(C)C)cn23)c1F. The molecule has 0 aliphatic carbocycles. The molecule has 0 aliphatic rings. The molecule has 0 atom stereocenters. The van der Waals surface area contributed by atoms with Crippen molar-refractivity contribution in [2.24, 2.45) is 0 Å². The molecular formula is C20H22FN3O4S. The molecule has 7 nitrogen and oxygen atoms in total. The first-order valence-electron chi connectivity index (χ1n) is 8.83. The van der Waals surface area contributed by atoms with Gasteiger partial charge in [0.05, 0.1) is 29.3 Å². The van der Waals surface area contributed by atoms with Crippen molar-refractivity contribution >= 4 is 21.4 Å². The lowest BCUT2D eigenvalue weighted by molar-refractivity contribution is 0.0959. The number of methoxy groups -OCH3 is 1. The van der Waals surface area contributed by atoms with Crippen molar-refractivity contribution in [2.75, 3.05) is 14.2 Å². The fraction of sp³-hybridized carbons (Fsp3) is 0.300. The van der Waals surface area contributed by atoms with Gasteiger partial charge in [-0.15, -0.1) is 0 Å². The molecule has 0 radical (unpaired) electrons. The van der Waals surface area contributed by atoms with Gasteiger partial charge in [-0.3, -0.25) is 9.20 Å². The summed E-state index contributed by atoms with van der Waals surface area (Å²) in [6, 6.07) is 5.92. The number of hydrogen-bond donors (Lipinski definition) is 1. The van der Waals surface area contributed by atoms with E-state index < -0.39 is 26.3 Å². The summed E-state index contributed by atoms with van der Waals surface area (Å²) in [7, 11) is -0.961. The number of nitrogens with one attached hydrogen (secondary N) is 1. The van der Waals surface area contributed by atoms with Crippen LogP contribution in [0.5, 0.6) is 5.75 Å². The number of sulfone groups is 1. The summed E-state index contributed by atoms with van der Waals surface area (Å²) in [5.74, 6) is -1.12. The van der Waals surface area contributed by atoms with E-state index in [0.717, 1.165) is 0 Å². The number of aromatic nitrogens is 2. The van der Waals surface area contributed by atoms with Crippen molar-refractivity contribution < 1.29 is 22.3 Å². The minimum atomic E-state index is -3.75. The Morgan fingerprint density at radius 3 is 2.55 bits per heavy atom. The molecule has 2 heterocycles. The minimum absolute atomic E-state index is 0.0258. The van der Waals surface area contributed by atoms with Gasteiger partial charge in [0.15, 0.2) is 9.84 Å². The first-order valence-corrected chi connectivity index (χ1v) is 10.3. The van der Waals surface area contributed by atoms with Crippen LogP contribution in [0.25, 0.3) is 16.9 Å². The Kier molecular flexibility index (Phi) is 5.12. The molecule has 154 valence electrons. The van der Waals surface area contributed by atoms with Crippen LogP contribution in [0.1, 0.15) is 31.1 Å². The zero-order chi connectivity index (χ0) is 21.6. The molecule has 1 N–H and O–H groups in total. The van der Waals surface area contributed by atoms with E-state index in [9.17, 15) is 13.2 Å². The molecule has 0 saturated heterocycles. The van der Waals surface area contributed by atoms with Crippen molar-refractivity contribution in [2.45, 2.75) is 30.4 Å². The van der Waals surface area contributed by atoms with Crippen LogP contribution in [-0.4, -0.2) is 42.6 Å². The monoisotopic (exact) mass is 419 g/mol. The van der Waals surface area contributed by atoms with E-state index in [4.69, 9.17) is 4.74 Å². The lowest BCUT2D eigenvalue weighted by atomic mass is 10.1. The van der Waals surface area contributed by atoms with Crippen LogP contribution in [0.4, 0.5) is 4.39 Å². The normalized spacial score (nSPS) is 12.2. The molecule has 29 heavy (non-hydrogen) atoms. The standard InChI is InChI=1S/C20H22FN3O4S/c1-20(2,3)29(26,27)16-11-24-14(10-23-17(24)9-15(16)28-5)12-7-6-8-13(18(12)21)19(25)22-4/h6-11H,1-5H3,(H,22,25). The van der Waals surface area contributed by atoms with Crippen LogP contribution in [0.2, 0.25) is 0 Å². The Hall–Kier alpha value is -2.94. The topological polar surface area (TPSA) is 89.8 Å². The van der Waals surface area contributed by atoms with E-state index in [-0.39, 0.29) is 21.8 Å². The van der Waals surface area contributed by atoms with Gasteiger partial charge in [0, 0.05) is 24.9 Å². The molecule has 9 heteroatoms. The largest absolute Gasteiger partial charge is 0.495 e. The second kappa shape index (κ2) is 7.14. The number of halogens is 1. The van der Waals surface area contributed by atoms with Gasteiger partial charge >= 0.3 is 0 Å². The molecule has 0 bridgehead atoms. The molecule has 0 spiro atoms. The molecule has 1 amide bonds. The minimum Gasteiger partial charge on any atom is -0.495 e.